The number of hydrogen-bond acceptors (Lipinski definition) is 5. The first-order valence-electron chi connectivity index (χ1n) is 8.78. The van der Waals surface area contributed by atoms with Crippen molar-refractivity contribution in [3.8, 4) is 5.88 Å². The van der Waals surface area contributed by atoms with Gasteiger partial charge in [-0.05, 0) is 31.0 Å². The molecule has 0 aliphatic carbocycles. The molecule has 1 aromatic carbocycles. The molecular formula is C19H23N3O3. The number of carbonyl (C=O) groups excluding carboxylic acids is 1. The molecule has 6 heteroatoms. The molecule has 0 saturated carbocycles. The van der Waals surface area contributed by atoms with Crippen molar-refractivity contribution in [2.45, 2.75) is 20.4 Å². The fourth-order valence-electron chi connectivity index (χ4n) is 3.43. The Morgan fingerprint density at radius 2 is 1.88 bits per heavy atom. The van der Waals surface area contributed by atoms with Crippen LogP contribution in [0.4, 0.5) is 4.79 Å². The second kappa shape index (κ2) is 6.61. The molecule has 1 fully saturated rings. The molecule has 6 nitrogen and oxygen atoms in total. The van der Waals surface area contributed by atoms with Gasteiger partial charge < -0.3 is 14.4 Å². The average molecular weight is 341 g/mol. The zero-order chi connectivity index (χ0) is 17.4. The van der Waals surface area contributed by atoms with Crippen molar-refractivity contribution in [2.24, 2.45) is 0 Å². The van der Waals surface area contributed by atoms with E-state index in [0.717, 1.165) is 54.9 Å². The highest BCUT2D eigenvalue weighted by Crippen LogP contribution is 2.30. The third-order valence-electron chi connectivity index (χ3n) is 5.04. The van der Waals surface area contributed by atoms with Crippen LogP contribution >= 0.6 is 0 Å². The lowest BCUT2D eigenvalue weighted by atomic mass is 10.0. The Morgan fingerprint density at radius 1 is 1.12 bits per heavy atom. The summed E-state index contributed by atoms with van der Waals surface area (Å²) in [6.07, 6.45) is -0.307. The van der Waals surface area contributed by atoms with Gasteiger partial charge in [0.05, 0.1) is 25.3 Å². The van der Waals surface area contributed by atoms with Crippen molar-refractivity contribution in [3.05, 3.63) is 34.9 Å². The highest BCUT2D eigenvalue weighted by molar-refractivity contribution is 5.87. The van der Waals surface area contributed by atoms with Gasteiger partial charge in [-0.3, -0.25) is 4.90 Å². The normalized spacial score (nSPS) is 18.3. The summed E-state index contributed by atoms with van der Waals surface area (Å²) in [6, 6.07) is 6.28. The fourth-order valence-corrected chi connectivity index (χ4v) is 3.43. The van der Waals surface area contributed by atoms with Gasteiger partial charge in [0.15, 0.2) is 0 Å². The van der Waals surface area contributed by atoms with Gasteiger partial charge in [-0.1, -0.05) is 12.1 Å². The molecule has 0 radical (unpaired) electrons. The third-order valence-corrected chi connectivity index (χ3v) is 5.04. The van der Waals surface area contributed by atoms with Gasteiger partial charge in [0.2, 0.25) is 5.88 Å². The highest BCUT2D eigenvalue weighted by atomic mass is 16.6. The Balaban J connectivity index is 1.55. The van der Waals surface area contributed by atoms with E-state index in [1.54, 1.807) is 4.90 Å². The van der Waals surface area contributed by atoms with Crippen molar-refractivity contribution in [2.75, 3.05) is 39.4 Å². The molecule has 132 valence electrons. The number of aromatic nitrogens is 1. The standard InChI is InChI=1S/C19H23N3O3/c1-13-3-4-14(2)17-16(13)11-15-12-22(19(23)25-18(15)20-17)6-5-21-7-9-24-10-8-21/h3-4,11H,5-10,12H2,1-2H3. The van der Waals surface area contributed by atoms with E-state index in [1.807, 2.05) is 6.92 Å². The zero-order valence-corrected chi connectivity index (χ0v) is 14.7. The molecule has 0 N–H and O–H groups in total. The van der Waals surface area contributed by atoms with Crippen LogP contribution in [0, 0.1) is 13.8 Å². The Morgan fingerprint density at radius 3 is 2.68 bits per heavy atom. The zero-order valence-electron chi connectivity index (χ0n) is 14.7. The number of morpholine rings is 1. The van der Waals surface area contributed by atoms with Crippen LogP contribution in [0.3, 0.4) is 0 Å². The quantitative estimate of drug-likeness (QED) is 0.858. The first kappa shape index (κ1) is 16.3. The van der Waals surface area contributed by atoms with E-state index in [4.69, 9.17) is 9.47 Å². The predicted molar refractivity (Wildman–Crippen MR) is 94.9 cm³/mol. The number of ether oxygens (including phenoxy) is 2. The number of pyridine rings is 1. The average Bonchev–Trinajstić information content (AvgIpc) is 2.63. The monoisotopic (exact) mass is 341 g/mol. The number of fused-ring (bicyclic) bond motifs is 2. The van der Waals surface area contributed by atoms with Gasteiger partial charge in [-0.25, -0.2) is 9.78 Å². The smallest absolute Gasteiger partial charge is 0.391 e. The molecule has 2 aliphatic heterocycles. The van der Waals surface area contributed by atoms with Crippen LogP contribution < -0.4 is 4.74 Å². The number of rotatable bonds is 3. The van der Waals surface area contributed by atoms with Gasteiger partial charge in [0.1, 0.15) is 0 Å². The molecule has 3 heterocycles. The van der Waals surface area contributed by atoms with Crippen molar-refractivity contribution in [1.82, 2.24) is 14.8 Å². The number of carbonyl (C=O) groups is 1. The van der Waals surface area contributed by atoms with Gasteiger partial charge in [0.25, 0.3) is 0 Å². The van der Waals surface area contributed by atoms with Crippen molar-refractivity contribution in [3.63, 3.8) is 0 Å². The van der Waals surface area contributed by atoms with Gasteiger partial charge in [-0.2, -0.15) is 0 Å². The maximum Gasteiger partial charge on any atom is 0.416 e. The number of hydrogen-bond donors (Lipinski definition) is 0. The first-order valence-corrected chi connectivity index (χ1v) is 8.78. The highest BCUT2D eigenvalue weighted by Gasteiger charge is 2.27. The molecule has 1 amide bonds. The minimum absolute atomic E-state index is 0.307. The van der Waals surface area contributed by atoms with Gasteiger partial charge >= 0.3 is 6.09 Å². The Labute approximate surface area is 147 Å². The summed E-state index contributed by atoms with van der Waals surface area (Å²) in [7, 11) is 0. The van der Waals surface area contributed by atoms with Crippen molar-refractivity contribution < 1.29 is 14.3 Å². The number of aryl methyl sites for hydroxylation is 2. The lowest BCUT2D eigenvalue weighted by Crippen LogP contribution is -2.45. The van der Waals surface area contributed by atoms with Gasteiger partial charge in [-0.15, -0.1) is 0 Å². The van der Waals surface area contributed by atoms with E-state index < -0.39 is 0 Å². The van der Waals surface area contributed by atoms with Crippen molar-refractivity contribution in [1.29, 1.82) is 0 Å². The SMILES string of the molecule is Cc1ccc(C)c2nc3c(cc12)CN(CCN1CCOCC1)C(=O)O3. The number of amides is 1. The molecule has 0 atom stereocenters. The lowest BCUT2D eigenvalue weighted by molar-refractivity contribution is 0.0328. The molecule has 1 saturated heterocycles. The van der Waals surface area contributed by atoms with E-state index in [9.17, 15) is 4.79 Å². The number of nitrogens with zero attached hydrogens (tertiary/aromatic N) is 3. The summed E-state index contributed by atoms with van der Waals surface area (Å²) in [5.74, 6) is 0.453. The van der Waals surface area contributed by atoms with E-state index in [0.29, 0.717) is 19.0 Å². The van der Waals surface area contributed by atoms with Crippen LogP contribution in [-0.2, 0) is 11.3 Å². The van der Waals surface area contributed by atoms with Crippen LogP contribution in [0.25, 0.3) is 10.9 Å². The maximum absolute atomic E-state index is 12.3. The molecule has 0 bridgehead atoms. The summed E-state index contributed by atoms with van der Waals surface area (Å²) in [5.41, 5.74) is 4.16. The third kappa shape index (κ3) is 3.19. The molecule has 0 unspecified atom stereocenters. The lowest BCUT2D eigenvalue weighted by Gasteiger charge is -2.31. The van der Waals surface area contributed by atoms with Crippen LogP contribution in [0.1, 0.15) is 16.7 Å². The summed E-state index contributed by atoms with van der Waals surface area (Å²) in [4.78, 5) is 21.0. The number of benzene rings is 1. The molecule has 4 rings (SSSR count). The minimum atomic E-state index is -0.307. The van der Waals surface area contributed by atoms with Gasteiger partial charge in [0, 0.05) is 37.1 Å². The topological polar surface area (TPSA) is 54.9 Å². The second-order valence-electron chi connectivity index (χ2n) is 6.79. The summed E-state index contributed by atoms with van der Waals surface area (Å²) >= 11 is 0. The molecule has 0 spiro atoms. The summed E-state index contributed by atoms with van der Waals surface area (Å²) in [6.45, 7) is 9.53. The predicted octanol–water partition coefficient (Wildman–Crippen LogP) is 2.50. The van der Waals surface area contributed by atoms with Crippen LogP contribution in [0.5, 0.6) is 5.88 Å². The fraction of sp³-hybridized carbons (Fsp3) is 0.474. The molecule has 2 aliphatic rings. The van der Waals surface area contributed by atoms with Crippen molar-refractivity contribution >= 4 is 17.0 Å². The molecular weight excluding hydrogens is 318 g/mol. The Bertz CT molecular complexity index is 815. The summed E-state index contributed by atoms with van der Waals surface area (Å²) < 4.78 is 10.9. The molecule has 1 aromatic heterocycles. The maximum atomic E-state index is 12.3. The van der Waals surface area contributed by atoms with E-state index in [2.05, 4.69) is 35.0 Å². The summed E-state index contributed by atoms with van der Waals surface area (Å²) in [5, 5.41) is 1.13. The Hall–Kier alpha value is -2.18. The Kier molecular flexibility index (Phi) is 4.31. The van der Waals surface area contributed by atoms with E-state index in [1.165, 1.54) is 5.56 Å². The largest absolute Gasteiger partial charge is 0.416 e. The van der Waals surface area contributed by atoms with Crippen LogP contribution in [-0.4, -0.2) is 60.3 Å². The van der Waals surface area contributed by atoms with Crippen LogP contribution in [0.2, 0.25) is 0 Å². The second-order valence-corrected chi connectivity index (χ2v) is 6.79. The molecule has 25 heavy (non-hydrogen) atoms. The molecule has 2 aromatic rings. The minimum Gasteiger partial charge on any atom is -0.391 e. The van der Waals surface area contributed by atoms with E-state index in [-0.39, 0.29) is 6.09 Å². The first-order chi connectivity index (χ1) is 12.1. The van der Waals surface area contributed by atoms with Crippen LogP contribution in [0.15, 0.2) is 18.2 Å². The van der Waals surface area contributed by atoms with E-state index >= 15 is 0 Å².